The molecule has 0 aliphatic carbocycles. The van der Waals surface area contributed by atoms with E-state index in [1.54, 1.807) is 6.21 Å². The number of benzene rings is 1. The number of aryl methyl sites for hydroxylation is 1. The molecule has 3 heteroatoms. The zero-order valence-electron chi connectivity index (χ0n) is 7.44. The predicted molar refractivity (Wildman–Crippen MR) is 54.7 cm³/mol. The number of aromatic nitrogens is 1. The minimum absolute atomic E-state index is 1.06. The van der Waals surface area contributed by atoms with E-state index in [-0.39, 0.29) is 0 Å². The molecular formula is C10H11N3. The number of fused-ring (bicyclic) bond motifs is 1. The van der Waals surface area contributed by atoms with Crippen LogP contribution in [-0.4, -0.2) is 10.8 Å². The maximum Gasteiger partial charge on any atom is 0.0559 e. The highest BCUT2D eigenvalue weighted by molar-refractivity contribution is 5.99. The lowest BCUT2D eigenvalue weighted by Gasteiger charge is -1.92. The smallest absolute Gasteiger partial charge is 0.0559 e. The minimum atomic E-state index is 1.06. The molecule has 0 spiro atoms. The van der Waals surface area contributed by atoms with Gasteiger partial charge >= 0.3 is 0 Å². The molecule has 0 bridgehead atoms. The molecule has 66 valence electrons. The third kappa shape index (κ3) is 1.18. The summed E-state index contributed by atoms with van der Waals surface area (Å²) >= 11 is 0. The Morgan fingerprint density at radius 2 is 2.15 bits per heavy atom. The van der Waals surface area contributed by atoms with Crippen molar-refractivity contribution in [2.45, 2.75) is 0 Å². The van der Waals surface area contributed by atoms with Gasteiger partial charge in [-0.2, -0.15) is 5.10 Å². The maximum atomic E-state index is 5.12. The summed E-state index contributed by atoms with van der Waals surface area (Å²) in [5, 5.41) is 4.71. The summed E-state index contributed by atoms with van der Waals surface area (Å²) in [6, 6.07) is 8.16. The second-order valence-corrected chi connectivity index (χ2v) is 2.99. The first-order valence-corrected chi connectivity index (χ1v) is 4.10. The molecule has 2 aromatic rings. The molecule has 1 heterocycles. The van der Waals surface area contributed by atoms with Crippen molar-refractivity contribution < 1.29 is 0 Å². The first-order chi connectivity index (χ1) is 6.33. The number of hydrogen-bond donors (Lipinski definition) is 1. The highest BCUT2D eigenvalue weighted by atomic mass is 15.1. The van der Waals surface area contributed by atoms with Crippen molar-refractivity contribution in [2.24, 2.45) is 18.0 Å². The third-order valence-electron chi connectivity index (χ3n) is 2.14. The van der Waals surface area contributed by atoms with Crippen LogP contribution < -0.4 is 5.84 Å². The van der Waals surface area contributed by atoms with Gasteiger partial charge in [-0.05, 0) is 6.07 Å². The molecule has 0 radical (unpaired) electrons. The van der Waals surface area contributed by atoms with Gasteiger partial charge in [-0.25, -0.2) is 0 Å². The second kappa shape index (κ2) is 2.94. The first kappa shape index (κ1) is 7.86. The largest absolute Gasteiger partial charge is 0.350 e. The SMILES string of the molecule is Cn1cc(/C=N/N)c2ccccc21. The molecule has 1 aromatic carbocycles. The summed E-state index contributed by atoms with van der Waals surface area (Å²) in [5.74, 6) is 5.12. The standard InChI is InChI=1S/C10H11N3/c1-13-7-8(6-12-11)9-4-2-3-5-10(9)13/h2-7H,11H2,1H3/b12-6+. The Kier molecular flexibility index (Phi) is 1.77. The van der Waals surface area contributed by atoms with Crippen LogP contribution in [-0.2, 0) is 7.05 Å². The number of hydrogen-bond acceptors (Lipinski definition) is 2. The van der Waals surface area contributed by atoms with Crippen LogP contribution >= 0.6 is 0 Å². The number of hydrazone groups is 1. The average Bonchev–Trinajstić information content (AvgIpc) is 2.46. The van der Waals surface area contributed by atoms with Crippen molar-refractivity contribution in [1.82, 2.24) is 4.57 Å². The highest BCUT2D eigenvalue weighted by Crippen LogP contribution is 2.18. The molecule has 1 aromatic heterocycles. The summed E-state index contributed by atoms with van der Waals surface area (Å²) in [4.78, 5) is 0. The fourth-order valence-electron chi connectivity index (χ4n) is 1.56. The fraction of sp³-hybridized carbons (Fsp3) is 0.100. The summed E-state index contributed by atoms with van der Waals surface area (Å²) in [6.07, 6.45) is 3.68. The van der Waals surface area contributed by atoms with Gasteiger partial charge in [-0.15, -0.1) is 0 Å². The number of para-hydroxylation sites is 1. The van der Waals surface area contributed by atoms with E-state index in [4.69, 9.17) is 5.84 Å². The summed E-state index contributed by atoms with van der Waals surface area (Å²) < 4.78 is 2.06. The van der Waals surface area contributed by atoms with Gasteiger partial charge in [-0.1, -0.05) is 18.2 Å². The van der Waals surface area contributed by atoms with Gasteiger partial charge in [0.1, 0.15) is 0 Å². The van der Waals surface area contributed by atoms with Gasteiger partial charge in [0.05, 0.1) is 6.21 Å². The van der Waals surface area contributed by atoms with E-state index in [1.165, 1.54) is 10.9 Å². The first-order valence-electron chi connectivity index (χ1n) is 4.10. The molecule has 0 atom stereocenters. The average molecular weight is 173 g/mol. The lowest BCUT2D eigenvalue weighted by atomic mass is 10.2. The number of nitrogens with two attached hydrogens (primary N) is 1. The summed E-state index contributed by atoms with van der Waals surface area (Å²) in [5.41, 5.74) is 2.25. The van der Waals surface area contributed by atoms with Crippen LogP contribution in [0.3, 0.4) is 0 Å². The molecule has 0 amide bonds. The highest BCUT2D eigenvalue weighted by Gasteiger charge is 2.02. The van der Waals surface area contributed by atoms with Gasteiger partial charge in [0.25, 0.3) is 0 Å². The van der Waals surface area contributed by atoms with Gasteiger partial charge < -0.3 is 10.4 Å². The van der Waals surface area contributed by atoms with Crippen LogP contribution in [0, 0.1) is 0 Å². The summed E-state index contributed by atoms with van der Waals surface area (Å²) in [7, 11) is 2.01. The van der Waals surface area contributed by atoms with E-state index in [0.29, 0.717) is 0 Å². The van der Waals surface area contributed by atoms with E-state index < -0.39 is 0 Å². The fourth-order valence-corrected chi connectivity index (χ4v) is 1.56. The van der Waals surface area contributed by atoms with Crippen molar-refractivity contribution in [3.63, 3.8) is 0 Å². The second-order valence-electron chi connectivity index (χ2n) is 2.99. The van der Waals surface area contributed by atoms with Crippen LogP contribution in [0.15, 0.2) is 35.6 Å². The van der Waals surface area contributed by atoms with Crippen LogP contribution in [0.5, 0.6) is 0 Å². The van der Waals surface area contributed by atoms with Crippen LogP contribution in [0.4, 0.5) is 0 Å². The minimum Gasteiger partial charge on any atom is -0.350 e. The molecule has 3 nitrogen and oxygen atoms in total. The van der Waals surface area contributed by atoms with E-state index in [9.17, 15) is 0 Å². The molecule has 13 heavy (non-hydrogen) atoms. The van der Waals surface area contributed by atoms with Crippen molar-refractivity contribution in [3.05, 3.63) is 36.0 Å². The maximum absolute atomic E-state index is 5.12. The number of nitrogens with zero attached hydrogens (tertiary/aromatic N) is 2. The molecule has 0 saturated carbocycles. The summed E-state index contributed by atoms with van der Waals surface area (Å²) in [6.45, 7) is 0. The molecular weight excluding hydrogens is 162 g/mol. The van der Waals surface area contributed by atoms with Crippen LogP contribution in [0.25, 0.3) is 10.9 Å². The van der Waals surface area contributed by atoms with Crippen molar-refractivity contribution in [1.29, 1.82) is 0 Å². The monoisotopic (exact) mass is 173 g/mol. The molecule has 2 N–H and O–H groups in total. The van der Waals surface area contributed by atoms with Gasteiger partial charge in [-0.3, -0.25) is 0 Å². The molecule has 0 aliphatic heterocycles. The van der Waals surface area contributed by atoms with Crippen molar-refractivity contribution in [2.75, 3.05) is 0 Å². The molecule has 0 aliphatic rings. The quantitative estimate of drug-likeness (QED) is 0.396. The molecule has 0 saturated heterocycles. The van der Waals surface area contributed by atoms with Gasteiger partial charge in [0, 0.05) is 29.7 Å². The zero-order chi connectivity index (χ0) is 9.26. The Morgan fingerprint density at radius 3 is 2.92 bits per heavy atom. The number of rotatable bonds is 1. The van der Waals surface area contributed by atoms with Gasteiger partial charge in [0.15, 0.2) is 0 Å². The van der Waals surface area contributed by atoms with Crippen molar-refractivity contribution in [3.8, 4) is 0 Å². The van der Waals surface area contributed by atoms with Crippen molar-refractivity contribution >= 4 is 17.1 Å². The van der Waals surface area contributed by atoms with Crippen LogP contribution in [0.2, 0.25) is 0 Å². The van der Waals surface area contributed by atoms with E-state index >= 15 is 0 Å². The molecule has 2 rings (SSSR count). The lowest BCUT2D eigenvalue weighted by Crippen LogP contribution is -1.84. The Bertz CT molecular complexity index is 454. The Labute approximate surface area is 76.5 Å². The molecule has 0 unspecified atom stereocenters. The Morgan fingerprint density at radius 1 is 1.38 bits per heavy atom. The Balaban J connectivity index is 2.77. The topological polar surface area (TPSA) is 43.3 Å². The van der Waals surface area contributed by atoms with E-state index in [2.05, 4.69) is 21.8 Å². The predicted octanol–water partition coefficient (Wildman–Crippen LogP) is 1.47. The van der Waals surface area contributed by atoms with Crippen LogP contribution in [0.1, 0.15) is 5.56 Å². The molecule has 0 fully saturated rings. The van der Waals surface area contributed by atoms with E-state index in [1.807, 2.05) is 25.4 Å². The van der Waals surface area contributed by atoms with Gasteiger partial charge in [0.2, 0.25) is 0 Å². The Hall–Kier alpha value is -1.77. The third-order valence-corrected chi connectivity index (χ3v) is 2.14. The van der Waals surface area contributed by atoms with E-state index in [0.717, 1.165) is 5.56 Å². The zero-order valence-corrected chi connectivity index (χ0v) is 7.44. The lowest BCUT2D eigenvalue weighted by molar-refractivity contribution is 0.968. The normalized spacial score (nSPS) is 11.5.